The van der Waals surface area contributed by atoms with Crippen LogP contribution in [0.3, 0.4) is 0 Å². The largest absolute Gasteiger partial charge is 0.317 e. The van der Waals surface area contributed by atoms with Crippen LogP contribution < -0.4 is 10.6 Å². The van der Waals surface area contributed by atoms with Gasteiger partial charge in [-0.05, 0) is 32.5 Å². The highest BCUT2D eigenvalue weighted by Gasteiger charge is 2.09. The Hall–Kier alpha value is -0.0800. The lowest BCUT2D eigenvalue weighted by Crippen LogP contribution is -2.39. The van der Waals surface area contributed by atoms with E-state index in [1.165, 1.54) is 25.9 Å². The van der Waals surface area contributed by atoms with E-state index in [-0.39, 0.29) is 0 Å². The maximum absolute atomic E-state index is 3.44. The highest BCUT2D eigenvalue weighted by molar-refractivity contribution is 4.72. The number of hydrogen-bond acceptors (Lipinski definition) is 2. The van der Waals surface area contributed by atoms with Gasteiger partial charge in [0.25, 0.3) is 0 Å². The predicted molar refractivity (Wildman–Crippen MR) is 39.6 cm³/mol. The van der Waals surface area contributed by atoms with E-state index >= 15 is 0 Å². The summed E-state index contributed by atoms with van der Waals surface area (Å²) in [6, 6.07) is 0.788. The summed E-state index contributed by atoms with van der Waals surface area (Å²) in [4.78, 5) is 0. The third-order valence-corrected chi connectivity index (χ3v) is 1.83. The summed E-state index contributed by atoms with van der Waals surface area (Å²) in [5.41, 5.74) is 0. The lowest BCUT2D eigenvalue weighted by atomic mass is 10.1. The zero-order chi connectivity index (χ0) is 6.53. The Kier molecular flexibility index (Phi) is 3.01. The first kappa shape index (κ1) is 7.03. The second-order valence-electron chi connectivity index (χ2n) is 2.58. The van der Waals surface area contributed by atoms with E-state index in [1.54, 1.807) is 0 Å². The maximum Gasteiger partial charge on any atom is 0.00911 e. The van der Waals surface area contributed by atoms with Gasteiger partial charge in [-0.1, -0.05) is 6.92 Å². The lowest BCUT2D eigenvalue weighted by Gasteiger charge is -2.22. The van der Waals surface area contributed by atoms with Gasteiger partial charge in [0.2, 0.25) is 0 Å². The van der Waals surface area contributed by atoms with Gasteiger partial charge >= 0.3 is 0 Å². The molecule has 9 heavy (non-hydrogen) atoms. The molecule has 0 bridgehead atoms. The Morgan fingerprint density at radius 3 is 2.67 bits per heavy atom. The average Bonchev–Trinajstić information content (AvgIpc) is 1.91. The first-order chi connectivity index (χ1) is 4.43. The third-order valence-electron chi connectivity index (χ3n) is 1.83. The summed E-state index contributed by atoms with van der Waals surface area (Å²) in [6.45, 7) is 5.67. The molecular weight excluding hydrogens is 112 g/mol. The molecule has 0 aliphatic carbocycles. The average molecular weight is 128 g/mol. The van der Waals surface area contributed by atoms with Gasteiger partial charge in [0.1, 0.15) is 0 Å². The van der Waals surface area contributed by atoms with E-state index in [2.05, 4.69) is 17.6 Å². The van der Waals surface area contributed by atoms with E-state index in [0.717, 1.165) is 12.6 Å². The van der Waals surface area contributed by atoms with Crippen molar-refractivity contribution in [1.29, 1.82) is 0 Å². The molecule has 1 aliphatic heterocycles. The molecule has 2 nitrogen and oxygen atoms in total. The molecule has 2 N–H and O–H groups in total. The molecule has 0 aromatic heterocycles. The van der Waals surface area contributed by atoms with Gasteiger partial charge in [0.05, 0.1) is 0 Å². The normalized spacial score (nSPS) is 22.3. The van der Waals surface area contributed by atoms with Crippen LogP contribution in [-0.4, -0.2) is 25.7 Å². The monoisotopic (exact) mass is 128 g/mol. The van der Waals surface area contributed by atoms with Crippen LogP contribution in [0.2, 0.25) is 0 Å². The number of nitrogens with one attached hydrogen (secondary N) is 2. The zero-order valence-electron chi connectivity index (χ0n) is 6.11. The van der Waals surface area contributed by atoms with Gasteiger partial charge in [-0.25, -0.2) is 0 Å². The molecule has 1 saturated heterocycles. The van der Waals surface area contributed by atoms with Crippen molar-refractivity contribution in [3.8, 4) is 0 Å². The molecule has 2 heteroatoms. The van der Waals surface area contributed by atoms with Crippen LogP contribution >= 0.6 is 0 Å². The molecular formula is C7H16N2. The summed E-state index contributed by atoms with van der Waals surface area (Å²) >= 11 is 0. The van der Waals surface area contributed by atoms with Crippen molar-refractivity contribution in [3.05, 3.63) is 0 Å². The first-order valence-electron chi connectivity index (χ1n) is 3.87. The minimum absolute atomic E-state index is 0.788. The number of piperidine rings is 1. The minimum Gasteiger partial charge on any atom is -0.317 e. The van der Waals surface area contributed by atoms with Crippen LogP contribution in [0.5, 0.6) is 0 Å². The summed E-state index contributed by atoms with van der Waals surface area (Å²) in [5.74, 6) is 0. The summed E-state index contributed by atoms with van der Waals surface area (Å²) in [6.07, 6.45) is 2.60. The van der Waals surface area contributed by atoms with Gasteiger partial charge < -0.3 is 10.6 Å². The van der Waals surface area contributed by atoms with Gasteiger partial charge in [-0.3, -0.25) is 0 Å². The van der Waals surface area contributed by atoms with Gasteiger partial charge in [0, 0.05) is 6.04 Å². The summed E-state index contributed by atoms with van der Waals surface area (Å²) < 4.78 is 0. The molecule has 1 fully saturated rings. The van der Waals surface area contributed by atoms with Gasteiger partial charge in [0.15, 0.2) is 0 Å². The molecule has 1 rings (SSSR count). The van der Waals surface area contributed by atoms with Crippen LogP contribution in [0.1, 0.15) is 19.8 Å². The molecule has 0 saturated carbocycles. The van der Waals surface area contributed by atoms with Crippen LogP contribution in [0.15, 0.2) is 0 Å². The molecule has 1 heterocycles. The fourth-order valence-electron chi connectivity index (χ4n) is 1.31. The van der Waals surface area contributed by atoms with Crippen LogP contribution in [0.25, 0.3) is 0 Å². The van der Waals surface area contributed by atoms with Crippen LogP contribution in [0, 0.1) is 0 Å². The van der Waals surface area contributed by atoms with E-state index in [4.69, 9.17) is 0 Å². The molecule has 0 unspecified atom stereocenters. The zero-order valence-corrected chi connectivity index (χ0v) is 6.11. The maximum atomic E-state index is 3.44. The molecule has 1 aliphatic rings. The number of rotatable bonds is 2. The smallest absolute Gasteiger partial charge is 0.00911 e. The molecule has 0 amide bonds. The summed E-state index contributed by atoms with van der Waals surface area (Å²) in [7, 11) is 0. The third kappa shape index (κ3) is 2.33. The topological polar surface area (TPSA) is 24.1 Å². The highest BCUT2D eigenvalue weighted by atomic mass is 15.0. The Labute approximate surface area is 57.0 Å². The second-order valence-corrected chi connectivity index (χ2v) is 2.58. The van der Waals surface area contributed by atoms with E-state index in [0.29, 0.717) is 0 Å². The van der Waals surface area contributed by atoms with Crippen molar-refractivity contribution in [3.63, 3.8) is 0 Å². The molecule has 0 radical (unpaired) electrons. The second kappa shape index (κ2) is 3.85. The van der Waals surface area contributed by atoms with Crippen LogP contribution in [0.4, 0.5) is 0 Å². The van der Waals surface area contributed by atoms with Crippen molar-refractivity contribution in [2.75, 3.05) is 19.6 Å². The Bertz CT molecular complexity index is 64.6. The Morgan fingerprint density at radius 1 is 1.44 bits per heavy atom. The quantitative estimate of drug-likeness (QED) is 0.560. The predicted octanol–water partition coefficient (Wildman–Crippen LogP) is 0.348. The van der Waals surface area contributed by atoms with Gasteiger partial charge in [-0.2, -0.15) is 0 Å². The SMILES string of the molecule is CCNC1CCNCC1. The summed E-state index contributed by atoms with van der Waals surface area (Å²) in [5, 5.41) is 6.78. The standard InChI is InChI=1S/C7H16N2/c1-2-9-7-3-5-8-6-4-7/h7-9H,2-6H2,1H3. The van der Waals surface area contributed by atoms with E-state index in [9.17, 15) is 0 Å². The van der Waals surface area contributed by atoms with Crippen molar-refractivity contribution in [2.45, 2.75) is 25.8 Å². The molecule has 0 atom stereocenters. The molecule has 54 valence electrons. The number of hydrogen-bond donors (Lipinski definition) is 2. The first-order valence-corrected chi connectivity index (χ1v) is 3.87. The fourth-order valence-corrected chi connectivity index (χ4v) is 1.31. The lowest BCUT2D eigenvalue weighted by molar-refractivity contribution is 0.394. The van der Waals surface area contributed by atoms with Crippen molar-refractivity contribution in [2.24, 2.45) is 0 Å². The van der Waals surface area contributed by atoms with Crippen molar-refractivity contribution in [1.82, 2.24) is 10.6 Å². The van der Waals surface area contributed by atoms with Crippen molar-refractivity contribution < 1.29 is 0 Å². The Morgan fingerprint density at radius 2 is 2.11 bits per heavy atom. The van der Waals surface area contributed by atoms with E-state index < -0.39 is 0 Å². The molecule has 0 aromatic carbocycles. The molecule has 0 spiro atoms. The Balaban J connectivity index is 2.08. The highest BCUT2D eigenvalue weighted by Crippen LogP contribution is 2.00. The molecule has 0 aromatic rings. The minimum atomic E-state index is 0.788. The van der Waals surface area contributed by atoms with Crippen molar-refractivity contribution >= 4 is 0 Å². The van der Waals surface area contributed by atoms with Crippen LogP contribution in [-0.2, 0) is 0 Å². The fraction of sp³-hybridized carbons (Fsp3) is 1.00. The van der Waals surface area contributed by atoms with E-state index in [1.807, 2.05) is 0 Å². The van der Waals surface area contributed by atoms with Gasteiger partial charge in [-0.15, -0.1) is 0 Å².